The van der Waals surface area contributed by atoms with Gasteiger partial charge in [0.15, 0.2) is 0 Å². The van der Waals surface area contributed by atoms with Gasteiger partial charge in [0.25, 0.3) is 0 Å². The highest BCUT2D eigenvalue weighted by molar-refractivity contribution is 5.84. The monoisotopic (exact) mass is 267 g/mol. The van der Waals surface area contributed by atoms with E-state index in [1.54, 1.807) is 0 Å². The molecule has 4 heteroatoms. The van der Waals surface area contributed by atoms with E-state index in [4.69, 9.17) is 5.73 Å². The Kier molecular flexibility index (Phi) is 4.85. The molecule has 110 valence electrons. The number of nitrogens with one attached hydrogen (secondary N) is 1. The summed E-state index contributed by atoms with van der Waals surface area (Å²) in [4.78, 5) is 14.2. The quantitative estimate of drug-likeness (QED) is 0.766. The number of likely N-dealkylation sites (N-methyl/N-ethyl adjacent to an activating group) is 1. The van der Waals surface area contributed by atoms with E-state index in [9.17, 15) is 4.79 Å². The summed E-state index contributed by atoms with van der Waals surface area (Å²) in [5.41, 5.74) is 5.00. The first-order valence-electron chi connectivity index (χ1n) is 7.86. The summed E-state index contributed by atoms with van der Waals surface area (Å²) in [6, 6.07) is 0.771. The first-order valence-corrected chi connectivity index (χ1v) is 7.86. The van der Waals surface area contributed by atoms with Crippen molar-refractivity contribution in [1.29, 1.82) is 0 Å². The first-order chi connectivity index (χ1) is 9.07. The second-order valence-electron chi connectivity index (χ2n) is 6.41. The van der Waals surface area contributed by atoms with Gasteiger partial charge in [0.1, 0.15) is 0 Å². The number of hydrogen-bond donors (Lipinski definition) is 2. The average molecular weight is 267 g/mol. The molecule has 1 aliphatic carbocycles. The molecule has 0 aromatic carbocycles. The van der Waals surface area contributed by atoms with Crippen molar-refractivity contribution < 1.29 is 4.79 Å². The molecule has 2 rings (SSSR count). The van der Waals surface area contributed by atoms with Crippen LogP contribution in [0.25, 0.3) is 0 Å². The highest BCUT2D eigenvalue weighted by Gasteiger charge is 2.37. The number of hydrogen-bond acceptors (Lipinski definition) is 3. The number of likely N-dealkylation sites (tertiary alicyclic amines) is 1. The molecule has 0 aromatic heterocycles. The maximum atomic E-state index is 11.6. The van der Waals surface area contributed by atoms with Gasteiger partial charge in [0, 0.05) is 12.6 Å². The van der Waals surface area contributed by atoms with E-state index in [1.807, 2.05) is 13.8 Å². The minimum absolute atomic E-state index is 0.228. The van der Waals surface area contributed by atoms with Crippen LogP contribution in [0.1, 0.15) is 52.4 Å². The summed E-state index contributed by atoms with van der Waals surface area (Å²) in [6.45, 7) is 6.94. The van der Waals surface area contributed by atoms with Crippen molar-refractivity contribution >= 4 is 5.91 Å². The van der Waals surface area contributed by atoms with Gasteiger partial charge in [-0.05, 0) is 51.6 Å². The zero-order chi connectivity index (χ0) is 13.9. The third-order valence-electron chi connectivity index (χ3n) is 5.13. The van der Waals surface area contributed by atoms with Crippen molar-refractivity contribution in [2.45, 2.75) is 64.0 Å². The van der Waals surface area contributed by atoms with Crippen molar-refractivity contribution in [3.8, 4) is 0 Å². The topological polar surface area (TPSA) is 58.4 Å². The van der Waals surface area contributed by atoms with Crippen LogP contribution < -0.4 is 11.1 Å². The normalized spacial score (nSPS) is 30.8. The highest BCUT2D eigenvalue weighted by Crippen LogP contribution is 2.36. The average Bonchev–Trinajstić information content (AvgIpc) is 2.80. The minimum atomic E-state index is -0.554. The third kappa shape index (κ3) is 3.29. The van der Waals surface area contributed by atoms with Crippen LogP contribution in [-0.4, -0.2) is 42.0 Å². The number of primary amides is 1. The van der Waals surface area contributed by atoms with E-state index in [1.165, 1.54) is 38.6 Å². The van der Waals surface area contributed by atoms with Crippen LogP contribution in [0.15, 0.2) is 0 Å². The van der Waals surface area contributed by atoms with Gasteiger partial charge in [-0.3, -0.25) is 4.79 Å². The molecule has 1 amide bonds. The van der Waals surface area contributed by atoms with Crippen LogP contribution in [0, 0.1) is 5.92 Å². The number of nitrogens with two attached hydrogens (primary N) is 1. The Morgan fingerprint density at radius 1 is 1.37 bits per heavy atom. The van der Waals surface area contributed by atoms with Gasteiger partial charge in [0.05, 0.1) is 5.54 Å². The second-order valence-corrected chi connectivity index (χ2v) is 6.41. The lowest BCUT2D eigenvalue weighted by Gasteiger charge is -2.34. The molecule has 3 atom stereocenters. The fraction of sp³-hybridized carbons (Fsp3) is 0.933. The van der Waals surface area contributed by atoms with Gasteiger partial charge in [-0.25, -0.2) is 0 Å². The Morgan fingerprint density at radius 3 is 2.79 bits per heavy atom. The molecule has 3 N–H and O–H groups in total. The molecule has 0 spiro atoms. The molecule has 2 fully saturated rings. The molecule has 0 aromatic rings. The summed E-state index contributed by atoms with van der Waals surface area (Å²) in [5.74, 6) is 0.682. The number of amides is 1. The van der Waals surface area contributed by atoms with Gasteiger partial charge in [0.2, 0.25) is 5.91 Å². The molecule has 0 bridgehead atoms. The van der Waals surface area contributed by atoms with Crippen LogP contribution in [0.5, 0.6) is 0 Å². The van der Waals surface area contributed by atoms with E-state index in [0.717, 1.165) is 31.5 Å². The number of carbonyl (C=O) groups is 1. The van der Waals surface area contributed by atoms with E-state index < -0.39 is 5.54 Å². The van der Waals surface area contributed by atoms with Gasteiger partial charge in [-0.2, -0.15) is 0 Å². The van der Waals surface area contributed by atoms with E-state index in [-0.39, 0.29) is 5.91 Å². The molecule has 4 nitrogen and oxygen atoms in total. The number of carbonyl (C=O) groups excluding carboxylic acids is 1. The summed E-state index contributed by atoms with van der Waals surface area (Å²) in [7, 11) is 0. The fourth-order valence-electron chi connectivity index (χ4n) is 3.84. The van der Waals surface area contributed by atoms with Crippen LogP contribution in [0.4, 0.5) is 0 Å². The zero-order valence-electron chi connectivity index (χ0n) is 12.5. The maximum absolute atomic E-state index is 11.6. The van der Waals surface area contributed by atoms with Crippen molar-refractivity contribution in [1.82, 2.24) is 10.2 Å². The van der Waals surface area contributed by atoms with Gasteiger partial charge in [-0.1, -0.05) is 19.8 Å². The van der Waals surface area contributed by atoms with Crippen LogP contribution in [-0.2, 0) is 4.79 Å². The second kappa shape index (κ2) is 6.23. The molecule has 2 aliphatic rings. The SMILES string of the molecule is CCNC(C)(CCN1CCC2CCCCC21)C(N)=O. The molecule has 0 radical (unpaired) electrons. The lowest BCUT2D eigenvalue weighted by Crippen LogP contribution is -2.54. The van der Waals surface area contributed by atoms with Crippen LogP contribution in [0.2, 0.25) is 0 Å². The van der Waals surface area contributed by atoms with E-state index in [2.05, 4.69) is 10.2 Å². The molecular weight excluding hydrogens is 238 g/mol. The Bertz CT molecular complexity index is 321. The maximum Gasteiger partial charge on any atom is 0.237 e. The van der Waals surface area contributed by atoms with Crippen molar-refractivity contribution in [3.63, 3.8) is 0 Å². The third-order valence-corrected chi connectivity index (χ3v) is 5.13. The van der Waals surface area contributed by atoms with Crippen molar-refractivity contribution in [2.75, 3.05) is 19.6 Å². The molecule has 1 heterocycles. The number of nitrogens with zero attached hydrogens (tertiary/aromatic N) is 1. The standard InChI is InChI=1S/C15H29N3O/c1-3-17-15(2,14(16)19)9-11-18-10-8-12-6-4-5-7-13(12)18/h12-13,17H,3-11H2,1-2H3,(H2,16,19). The van der Waals surface area contributed by atoms with Gasteiger partial charge >= 0.3 is 0 Å². The largest absolute Gasteiger partial charge is 0.368 e. The van der Waals surface area contributed by atoms with Crippen LogP contribution in [0.3, 0.4) is 0 Å². The molecule has 1 aliphatic heterocycles. The van der Waals surface area contributed by atoms with Crippen LogP contribution >= 0.6 is 0 Å². The Morgan fingerprint density at radius 2 is 2.11 bits per heavy atom. The Hall–Kier alpha value is -0.610. The molecule has 1 saturated carbocycles. The first kappa shape index (κ1) is 14.8. The molecular formula is C15H29N3O. The summed E-state index contributed by atoms with van der Waals surface area (Å²) < 4.78 is 0. The lowest BCUT2D eigenvalue weighted by molar-refractivity contribution is -0.124. The molecule has 1 saturated heterocycles. The van der Waals surface area contributed by atoms with Gasteiger partial charge in [-0.15, -0.1) is 0 Å². The smallest absolute Gasteiger partial charge is 0.237 e. The summed E-state index contributed by atoms with van der Waals surface area (Å²) in [6.07, 6.45) is 7.70. The lowest BCUT2D eigenvalue weighted by atomic mass is 9.85. The van der Waals surface area contributed by atoms with Gasteiger partial charge < -0.3 is 16.0 Å². The molecule has 19 heavy (non-hydrogen) atoms. The predicted molar refractivity (Wildman–Crippen MR) is 77.8 cm³/mol. The summed E-state index contributed by atoms with van der Waals surface area (Å²) in [5, 5.41) is 3.25. The Labute approximate surface area is 117 Å². The van der Waals surface area contributed by atoms with E-state index >= 15 is 0 Å². The minimum Gasteiger partial charge on any atom is -0.368 e. The summed E-state index contributed by atoms with van der Waals surface area (Å²) >= 11 is 0. The predicted octanol–water partition coefficient (Wildman–Crippen LogP) is 1.49. The number of fused-ring (bicyclic) bond motifs is 1. The number of rotatable bonds is 6. The van der Waals surface area contributed by atoms with Crippen molar-refractivity contribution in [2.24, 2.45) is 11.7 Å². The zero-order valence-corrected chi connectivity index (χ0v) is 12.5. The van der Waals surface area contributed by atoms with E-state index in [0.29, 0.717) is 0 Å². The fourth-order valence-corrected chi connectivity index (χ4v) is 3.84. The Balaban J connectivity index is 1.89. The molecule has 3 unspecified atom stereocenters. The highest BCUT2D eigenvalue weighted by atomic mass is 16.1. The van der Waals surface area contributed by atoms with Crippen molar-refractivity contribution in [3.05, 3.63) is 0 Å².